The maximum Gasteiger partial charge on any atom is 0.244 e. The molecule has 1 aliphatic carbocycles. The number of nitrogens with two attached hydrogens (primary N) is 1. The number of rotatable bonds is 8. The molecule has 4 aromatic rings. The lowest BCUT2D eigenvalue weighted by Gasteiger charge is -2.24. The summed E-state index contributed by atoms with van der Waals surface area (Å²) in [5, 5.41) is 20.9. The Kier molecular flexibility index (Phi) is 6.80. The van der Waals surface area contributed by atoms with Crippen molar-refractivity contribution in [3.05, 3.63) is 82.9 Å². The lowest BCUT2D eigenvalue weighted by atomic mass is 9.96. The second-order valence-corrected chi connectivity index (χ2v) is 12.4. The molecule has 0 spiro atoms. The van der Waals surface area contributed by atoms with Crippen molar-refractivity contribution in [1.82, 2.24) is 25.9 Å². The molecule has 3 heterocycles. The van der Waals surface area contributed by atoms with Gasteiger partial charge in [0.25, 0.3) is 0 Å². The van der Waals surface area contributed by atoms with Crippen molar-refractivity contribution < 1.29 is 4.79 Å². The molecule has 42 heavy (non-hydrogen) atoms. The van der Waals surface area contributed by atoms with E-state index in [2.05, 4.69) is 58.4 Å². The fourth-order valence-electron chi connectivity index (χ4n) is 5.27. The molecular weight excluding hydrogens is 550 g/mol. The van der Waals surface area contributed by atoms with Gasteiger partial charge in [0.1, 0.15) is 11.6 Å². The number of amides is 1. The minimum Gasteiger partial charge on any atom is -0.383 e. The van der Waals surface area contributed by atoms with Crippen molar-refractivity contribution in [1.29, 1.82) is 5.26 Å². The molecule has 2 aliphatic rings. The van der Waals surface area contributed by atoms with Crippen LogP contribution in [0.4, 0.5) is 11.4 Å². The smallest absolute Gasteiger partial charge is 0.244 e. The normalized spacial score (nSPS) is 16.5. The number of aromatic nitrogens is 2. The number of carbonyl (C=O) groups excluding carboxylic acids is 1. The average molecular weight is 582 g/mol. The van der Waals surface area contributed by atoms with Crippen molar-refractivity contribution in [2.45, 2.75) is 45.2 Å². The highest BCUT2D eigenvalue weighted by Crippen LogP contribution is 2.43. The van der Waals surface area contributed by atoms with Gasteiger partial charge in [-0.2, -0.15) is 5.26 Å². The van der Waals surface area contributed by atoms with E-state index < -0.39 is 11.6 Å². The fraction of sp³-hybridized carbons (Fsp3) is 0.290. The van der Waals surface area contributed by atoms with E-state index in [9.17, 15) is 10.1 Å². The minimum absolute atomic E-state index is 0.0151. The number of nitriles is 1. The molecule has 0 radical (unpaired) electrons. The zero-order chi connectivity index (χ0) is 29.6. The second kappa shape index (κ2) is 10.4. The molecule has 1 fully saturated rings. The lowest BCUT2D eigenvalue weighted by molar-refractivity contribution is -0.124. The van der Waals surface area contributed by atoms with Crippen LogP contribution in [0.15, 0.2) is 66.8 Å². The van der Waals surface area contributed by atoms with Crippen LogP contribution in [-0.2, 0) is 4.79 Å². The fourth-order valence-corrected chi connectivity index (χ4v) is 5.54. The number of halogens is 1. The largest absolute Gasteiger partial charge is 0.383 e. The summed E-state index contributed by atoms with van der Waals surface area (Å²) >= 11 is 6.80. The molecule has 10 nitrogen and oxygen atoms in total. The SMILES string of the molecule is CC(C)(C)CNc1c(C#N)cnc2c(Cl)cc(N[C@H](C3=CN(C4(C(N)=O)CC4)NN3)c3cccc4ncccc34)cc12. The predicted octanol–water partition coefficient (Wildman–Crippen LogP) is 5.10. The van der Waals surface area contributed by atoms with Crippen LogP contribution < -0.4 is 27.3 Å². The van der Waals surface area contributed by atoms with E-state index in [1.165, 1.54) is 0 Å². The van der Waals surface area contributed by atoms with E-state index in [4.69, 9.17) is 17.3 Å². The summed E-state index contributed by atoms with van der Waals surface area (Å²) < 4.78 is 0. The molecule has 11 heteroatoms. The van der Waals surface area contributed by atoms with Gasteiger partial charge < -0.3 is 21.8 Å². The Labute approximate surface area is 248 Å². The molecule has 6 N–H and O–H groups in total. The number of fused-ring (bicyclic) bond motifs is 2. The van der Waals surface area contributed by atoms with Crippen LogP contribution in [0.1, 0.15) is 50.8 Å². The molecular formula is C31H32ClN9O. The first-order valence-electron chi connectivity index (χ1n) is 13.8. The van der Waals surface area contributed by atoms with E-state index in [0.717, 1.165) is 33.2 Å². The summed E-state index contributed by atoms with van der Waals surface area (Å²) in [6.45, 7) is 7.04. The zero-order valence-electron chi connectivity index (χ0n) is 23.6. The van der Waals surface area contributed by atoms with Crippen molar-refractivity contribution >= 4 is 50.7 Å². The van der Waals surface area contributed by atoms with Gasteiger partial charge in [-0.1, -0.05) is 50.6 Å². The van der Waals surface area contributed by atoms with Gasteiger partial charge in [-0.25, -0.2) is 0 Å². The van der Waals surface area contributed by atoms with Crippen LogP contribution >= 0.6 is 11.6 Å². The number of pyridine rings is 2. The van der Waals surface area contributed by atoms with Crippen molar-refractivity contribution in [3.63, 3.8) is 0 Å². The molecule has 1 amide bonds. The van der Waals surface area contributed by atoms with E-state index in [1.807, 2.05) is 48.7 Å². The number of carbonyl (C=O) groups is 1. The number of benzene rings is 2. The van der Waals surface area contributed by atoms with E-state index in [-0.39, 0.29) is 11.3 Å². The third-order valence-corrected chi connectivity index (χ3v) is 7.97. The topological polar surface area (TPSA) is 144 Å². The highest BCUT2D eigenvalue weighted by Gasteiger charge is 2.54. The maximum absolute atomic E-state index is 12.3. The summed E-state index contributed by atoms with van der Waals surface area (Å²) in [7, 11) is 0. The molecule has 1 atom stereocenters. The highest BCUT2D eigenvalue weighted by atomic mass is 35.5. The molecule has 1 aliphatic heterocycles. The van der Waals surface area contributed by atoms with E-state index in [1.54, 1.807) is 17.4 Å². The van der Waals surface area contributed by atoms with E-state index in [0.29, 0.717) is 41.2 Å². The Hall–Kier alpha value is -4.59. The Bertz CT molecular complexity index is 1780. The summed E-state index contributed by atoms with van der Waals surface area (Å²) in [6.07, 6.45) is 6.56. The Balaban J connectivity index is 1.46. The first-order valence-corrected chi connectivity index (χ1v) is 14.2. The highest BCUT2D eigenvalue weighted by molar-refractivity contribution is 6.35. The molecule has 214 valence electrons. The Morgan fingerprint density at radius 2 is 2.02 bits per heavy atom. The van der Waals surface area contributed by atoms with Crippen molar-refractivity contribution in [2.24, 2.45) is 11.1 Å². The number of nitrogens with zero attached hydrogens (tertiary/aromatic N) is 4. The number of nitrogens with one attached hydrogen (secondary N) is 4. The number of hydrazine groups is 2. The standard InChI is InChI=1S/C31H32ClN9O/c1-30(2,3)17-37-26-18(14-33)15-36-27-22(26)12-19(13-23(27)32)38-28(21-6-4-8-24-20(21)7-5-11-35-24)25-16-41(40-39-25)31(9-10-31)29(34)42/h4-8,11-13,15-16,28,38-40H,9-10,17H2,1-3H3,(H2,34,42)(H,36,37)/t28-/m0/s1. The molecule has 0 bridgehead atoms. The molecule has 1 saturated carbocycles. The molecule has 0 saturated heterocycles. The van der Waals surface area contributed by atoms with Crippen molar-refractivity contribution in [2.75, 3.05) is 17.2 Å². The van der Waals surface area contributed by atoms with Gasteiger partial charge in [-0.3, -0.25) is 19.8 Å². The zero-order valence-corrected chi connectivity index (χ0v) is 24.4. The minimum atomic E-state index is -0.751. The third kappa shape index (κ3) is 5.02. The average Bonchev–Trinajstić information content (AvgIpc) is 3.64. The summed E-state index contributed by atoms with van der Waals surface area (Å²) in [5.41, 5.74) is 16.4. The van der Waals surface area contributed by atoms with Crippen LogP contribution in [-0.4, -0.2) is 33.0 Å². The molecule has 0 unspecified atom stereocenters. The number of hydrogen-bond donors (Lipinski definition) is 5. The molecule has 2 aromatic carbocycles. The van der Waals surface area contributed by atoms with Gasteiger partial charge in [0.2, 0.25) is 5.91 Å². The quantitative estimate of drug-likeness (QED) is 0.192. The molecule has 2 aromatic heterocycles. The third-order valence-electron chi connectivity index (χ3n) is 7.69. The van der Waals surface area contributed by atoms with Crippen LogP contribution in [0.3, 0.4) is 0 Å². The number of primary amides is 1. The monoisotopic (exact) mass is 581 g/mol. The van der Waals surface area contributed by atoms with Crippen molar-refractivity contribution in [3.8, 4) is 6.07 Å². The first-order chi connectivity index (χ1) is 20.1. The first kappa shape index (κ1) is 27.6. The van der Waals surface area contributed by atoms with Gasteiger partial charge in [0.15, 0.2) is 0 Å². The maximum atomic E-state index is 12.3. The van der Waals surface area contributed by atoms with Gasteiger partial charge >= 0.3 is 0 Å². The van der Waals surface area contributed by atoms with Gasteiger partial charge in [0.05, 0.1) is 39.0 Å². The van der Waals surface area contributed by atoms with Gasteiger partial charge in [-0.05, 0) is 48.1 Å². The number of anilines is 2. The van der Waals surface area contributed by atoms with Crippen LogP contribution in [0, 0.1) is 16.7 Å². The number of hydrogen-bond acceptors (Lipinski definition) is 9. The van der Waals surface area contributed by atoms with E-state index >= 15 is 0 Å². The summed E-state index contributed by atoms with van der Waals surface area (Å²) in [6, 6.07) is 15.6. The van der Waals surface area contributed by atoms with Crippen LogP contribution in [0.5, 0.6) is 0 Å². The predicted molar refractivity (Wildman–Crippen MR) is 165 cm³/mol. The summed E-state index contributed by atoms with van der Waals surface area (Å²) in [5.74, 6) is -0.370. The van der Waals surface area contributed by atoms with Crippen LogP contribution in [0.25, 0.3) is 21.8 Å². The second-order valence-electron chi connectivity index (χ2n) is 12.0. The summed E-state index contributed by atoms with van der Waals surface area (Å²) in [4.78, 5) is 21.3. The van der Waals surface area contributed by atoms with Gasteiger partial charge in [-0.15, -0.1) is 5.53 Å². The Morgan fingerprint density at radius 3 is 2.74 bits per heavy atom. The van der Waals surface area contributed by atoms with Gasteiger partial charge in [0, 0.05) is 41.6 Å². The lowest BCUT2D eigenvalue weighted by Crippen LogP contribution is -2.51. The molecule has 6 rings (SSSR count). The Morgan fingerprint density at radius 1 is 1.21 bits per heavy atom. The van der Waals surface area contributed by atoms with Crippen LogP contribution in [0.2, 0.25) is 5.02 Å².